The molecule has 0 atom stereocenters. The molecule has 0 heterocycles. The van der Waals surface area contributed by atoms with E-state index in [9.17, 15) is 9.59 Å². The first-order valence-corrected chi connectivity index (χ1v) is 7.86. The Hall–Kier alpha value is -2.34. The molecule has 0 spiro atoms. The molecule has 2 rings (SSSR count). The highest BCUT2D eigenvalue weighted by Crippen LogP contribution is 2.17. The quantitative estimate of drug-likeness (QED) is 0.761. The summed E-state index contributed by atoms with van der Waals surface area (Å²) in [6.07, 6.45) is 0. The number of benzene rings is 2. The molecule has 0 aromatic heterocycles. The third-order valence-electron chi connectivity index (χ3n) is 3.17. The minimum atomic E-state index is -0.238. The average Bonchev–Trinajstić information content (AvgIpc) is 2.58. The molecule has 0 unspecified atom stereocenters. The van der Waals surface area contributed by atoms with Gasteiger partial charge in [0.25, 0.3) is 11.8 Å². The molecule has 6 heteroatoms. The fourth-order valence-electron chi connectivity index (χ4n) is 2.02. The van der Waals surface area contributed by atoms with Crippen molar-refractivity contribution in [1.82, 2.24) is 10.6 Å². The lowest BCUT2D eigenvalue weighted by atomic mass is 10.2. The lowest BCUT2D eigenvalue weighted by molar-refractivity contribution is 0.0925. The van der Waals surface area contributed by atoms with Gasteiger partial charge in [0.15, 0.2) is 0 Å². The Kier molecular flexibility index (Phi) is 6.17. The molecule has 2 aromatic rings. The van der Waals surface area contributed by atoms with Gasteiger partial charge in [0, 0.05) is 17.6 Å². The maximum absolute atomic E-state index is 12.1. The van der Waals surface area contributed by atoms with Crippen molar-refractivity contribution in [2.24, 2.45) is 0 Å². The Bertz CT molecular complexity index is 704. The fourth-order valence-corrected chi connectivity index (χ4v) is 2.48. The number of nitrogens with one attached hydrogen (secondary N) is 2. The summed E-state index contributed by atoms with van der Waals surface area (Å²) in [6.45, 7) is 0.661. The molecule has 0 saturated heterocycles. The van der Waals surface area contributed by atoms with Crippen LogP contribution in [0.15, 0.2) is 53.0 Å². The fraction of sp³-hybridized carbons (Fsp3) is 0.176. The smallest absolute Gasteiger partial charge is 0.255 e. The molecule has 2 aromatic carbocycles. The summed E-state index contributed by atoms with van der Waals surface area (Å²) in [5, 5.41) is 5.51. The summed E-state index contributed by atoms with van der Waals surface area (Å²) < 4.78 is 5.88. The molecule has 0 aliphatic carbocycles. The van der Waals surface area contributed by atoms with Crippen molar-refractivity contribution in [1.29, 1.82) is 0 Å². The van der Waals surface area contributed by atoms with Crippen LogP contribution >= 0.6 is 15.9 Å². The number of carbonyl (C=O) groups is 2. The van der Waals surface area contributed by atoms with E-state index in [1.54, 1.807) is 42.5 Å². The number of hydrogen-bond donors (Lipinski definition) is 2. The molecule has 2 N–H and O–H groups in total. The third-order valence-corrected chi connectivity index (χ3v) is 3.86. The summed E-state index contributed by atoms with van der Waals surface area (Å²) in [4.78, 5) is 24.1. The van der Waals surface area contributed by atoms with Crippen molar-refractivity contribution in [3.05, 3.63) is 64.1 Å². The lowest BCUT2D eigenvalue weighted by Crippen LogP contribution is -2.34. The molecule has 120 valence electrons. The molecule has 0 saturated carbocycles. The Labute approximate surface area is 143 Å². The number of ether oxygens (including phenoxy) is 1. The second-order valence-electron chi connectivity index (χ2n) is 4.69. The summed E-state index contributed by atoms with van der Waals surface area (Å²) >= 11 is 3.33. The maximum Gasteiger partial charge on any atom is 0.255 e. The van der Waals surface area contributed by atoms with Crippen molar-refractivity contribution in [3.63, 3.8) is 0 Å². The first-order chi connectivity index (χ1) is 11.1. The maximum atomic E-state index is 12.1. The lowest BCUT2D eigenvalue weighted by Gasteiger charge is -2.10. The van der Waals surface area contributed by atoms with Gasteiger partial charge < -0.3 is 15.4 Å². The second kappa shape index (κ2) is 8.33. The monoisotopic (exact) mass is 376 g/mol. The van der Waals surface area contributed by atoms with Gasteiger partial charge >= 0.3 is 0 Å². The van der Waals surface area contributed by atoms with Crippen LogP contribution in [-0.4, -0.2) is 32.0 Å². The van der Waals surface area contributed by atoms with Crippen LogP contribution in [-0.2, 0) is 0 Å². The van der Waals surface area contributed by atoms with Gasteiger partial charge in [-0.1, -0.05) is 24.3 Å². The topological polar surface area (TPSA) is 67.4 Å². The summed E-state index contributed by atoms with van der Waals surface area (Å²) in [5.41, 5.74) is 1.02. The van der Waals surface area contributed by atoms with Crippen LogP contribution in [0.25, 0.3) is 0 Å². The highest BCUT2D eigenvalue weighted by Gasteiger charge is 2.11. The zero-order valence-electron chi connectivity index (χ0n) is 12.6. The molecule has 23 heavy (non-hydrogen) atoms. The largest absolute Gasteiger partial charge is 0.496 e. The van der Waals surface area contributed by atoms with E-state index in [0.717, 1.165) is 4.47 Å². The SMILES string of the molecule is COc1ccccc1C(=O)NCCNC(=O)c1ccccc1Br. The van der Waals surface area contributed by atoms with Crippen molar-refractivity contribution in [3.8, 4) is 5.75 Å². The first kappa shape index (κ1) is 17.0. The number of para-hydroxylation sites is 1. The Morgan fingerprint density at radius 1 is 0.913 bits per heavy atom. The van der Waals surface area contributed by atoms with Crippen molar-refractivity contribution < 1.29 is 14.3 Å². The first-order valence-electron chi connectivity index (χ1n) is 7.07. The van der Waals surface area contributed by atoms with E-state index in [-0.39, 0.29) is 11.8 Å². The minimum absolute atomic E-state index is 0.191. The summed E-state index contributed by atoms with van der Waals surface area (Å²) in [7, 11) is 1.52. The molecular weight excluding hydrogens is 360 g/mol. The van der Waals surface area contributed by atoms with E-state index in [1.165, 1.54) is 7.11 Å². The van der Waals surface area contributed by atoms with Gasteiger partial charge in [-0.15, -0.1) is 0 Å². The van der Waals surface area contributed by atoms with Gasteiger partial charge in [-0.3, -0.25) is 9.59 Å². The van der Waals surface area contributed by atoms with Gasteiger partial charge in [-0.25, -0.2) is 0 Å². The summed E-state index contributed by atoms with van der Waals surface area (Å²) in [6, 6.07) is 14.2. The van der Waals surface area contributed by atoms with Crippen LogP contribution in [0.1, 0.15) is 20.7 Å². The third kappa shape index (κ3) is 4.56. The number of hydrogen-bond acceptors (Lipinski definition) is 3. The minimum Gasteiger partial charge on any atom is -0.496 e. The molecule has 0 radical (unpaired) electrons. The summed E-state index contributed by atoms with van der Waals surface area (Å²) in [5.74, 6) is 0.0869. The van der Waals surface area contributed by atoms with Crippen molar-refractivity contribution in [2.45, 2.75) is 0 Å². The molecule has 5 nitrogen and oxygen atoms in total. The number of halogens is 1. The van der Waals surface area contributed by atoms with Gasteiger partial charge in [0.05, 0.1) is 18.2 Å². The van der Waals surface area contributed by atoms with Crippen LogP contribution in [0, 0.1) is 0 Å². The zero-order chi connectivity index (χ0) is 16.7. The molecule has 0 fully saturated rings. The van der Waals surface area contributed by atoms with E-state index in [4.69, 9.17) is 4.74 Å². The van der Waals surface area contributed by atoms with Crippen LogP contribution in [0.5, 0.6) is 5.75 Å². The van der Waals surface area contributed by atoms with E-state index >= 15 is 0 Å². The molecule has 0 aliphatic heterocycles. The van der Waals surface area contributed by atoms with Crippen LogP contribution in [0.3, 0.4) is 0 Å². The molecule has 0 aliphatic rings. The number of methoxy groups -OCH3 is 1. The van der Waals surface area contributed by atoms with Crippen LogP contribution in [0.2, 0.25) is 0 Å². The van der Waals surface area contributed by atoms with Crippen LogP contribution in [0.4, 0.5) is 0 Å². The normalized spacial score (nSPS) is 10.0. The Morgan fingerprint density at radius 3 is 2.04 bits per heavy atom. The average molecular weight is 377 g/mol. The Balaban J connectivity index is 1.82. The highest BCUT2D eigenvalue weighted by molar-refractivity contribution is 9.10. The number of amides is 2. The predicted molar refractivity (Wildman–Crippen MR) is 91.8 cm³/mol. The number of carbonyl (C=O) groups excluding carboxylic acids is 2. The molecule has 2 amide bonds. The Morgan fingerprint density at radius 2 is 1.43 bits per heavy atom. The van der Waals surface area contributed by atoms with Gasteiger partial charge in [0.2, 0.25) is 0 Å². The number of rotatable bonds is 6. The molecular formula is C17H17BrN2O3. The van der Waals surface area contributed by atoms with Gasteiger partial charge in [0.1, 0.15) is 5.75 Å². The standard InChI is InChI=1S/C17H17BrN2O3/c1-23-15-9-5-3-7-13(15)17(22)20-11-10-19-16(21)12-6-2-4-8-14(12)18/h2-9H,10-11H2,1H3,(H,19,21)(H,20,22). The molecule has 0 bridgehead atoms. The highest BCUT2D eigenvalue weighted by atomic mass is 79.9. The predicted octanol–water partition coefficient (Wildman–Crippen LogP) is 2.62. The van der Waals surface area contributed by atoms with Gasteiger partial charge in [-0.2, -0.15) is 0 Å². The van der Waals surface area contributed by atoms with E-state index < -0.39 is 0 Å². The van der Waals surface area contributed by atoms with Crippen molar-refractivity contribution >= 4 is 27.7 Å². The van der Waals surface area contributed by atoms with Crippen molar-refractivity contribution in [2.75, 3.05) is 20.2 Å². The van der Waals surface area contributed by atoms with E-state index in [2.05, 4.69) is 26.6 Å². The van der Waals surface area contributed by atoms with Crippen LogP contribution < -0.4 is 15.4 Å². The van der Waals surface area contributed by atoms with E-state index in [0.29, 0.717) is 30.0 Å². The van der Waals surface area contributed by atoms with Gasteiger partial charge in [-0.05, 0) is 40.2 Å². The zero-order valence-corrected chi connectivity index (χ0v) is 14.2. The second-order valence-corrected chi connectivity index (χ2v) is 5.55. The van der Waals surface area contributed by atoms with E-state index in [1.807, 2.05) is 6.07 Å².